The average molecular weight is 472 g/mol. The molecule has 5 nitrogen and oxygen atoms in total. The molecule has 0 fully saturated rings. The van der Waals surface area contributed by atoms with Gasteiger partial charge in [0.05, 0.1) is 19.1 Å². The van der Waals surface area contributed by atoms with Crippen LogP contribution in [0.25, 0.3) is 0 Å². The molecule has 0 saturated carbocycles. The van der Waals surface area contributed by atoms with Gasteiger partial charge in [0, 0.05) is 14.1 Å². The van der Waals surface area contributed by atoms with E-state index in [1.807, 2.05) is 23.6 Å². The quantitative estimate of drug-likeness (QED) is 0.386. The van der Waals surface area contributed by atoms with E-state index >= 15 is 0 Å². The minimum absolute atomic E-state index is 0. The molecule has 0 aliphatic heterocycles. The van der Waals surface area contributed by atoms with E-state index in [1.54, 1.807) is 30.3 Å². The van der Waals surface area contributed by atoms with E-state index in [-0.39, 0.29) is 42.5 Å². The van der Waals surface area contributed by atoms with Gasteiger partial charge in [-0.2, -0.15) is 11.3 Å². The first-order valence-corrected chi connectivity index (χ1v) is 8.81. The van der Waals surface area contributed by atoms with Crippen LogP contribution in [0.5, 0.6) is 0 Å². The first-order valence-electron chi connectivity index (χ1n) is 7.87. The number of halogens is 1. The summed E-state index contributed by atoms with van der Waals surface area (Å²) in [6.07, 6.45) is 0. The van der Waals surface area contributed by atoms with Crippen LogP contribution in [-0.4, -0.2) is 37.4 Å². The van der Waals surface area contributed by atoms with E-state index < -0.39 is 0 Å². The van der Waals surface area contributed by atoms with Gasteiger partial charge in [-0.25, -0.2) is 4.99 Å². The van der Waals surface area contributed by atoms with Crippen molar-refractivity contribution in [3.05, 3.63) is 58.3 Å². The zero-order valence-electron chi connectivity index (χ0n) is 14.7. The van der Waals surface area contributed by atoms with Crippen molar-refractivity contribution in [1.29, 1.82) is 0 Å². The summed E-state index contributed by atoms with van der Waals surface area (Å²) in [6.45, 7) is 2.87. The fourth-order valence-electron chi connectivity index (χ4n) is 2.05. The summed E-state index contributed by atoms with van der Waals surface area (Å²) in [5, 5.41) is 10.6. The van der Waals surface area contributed by atoms with Crippen LogP contribution >= 0.6 is 35.3 Å². The maximum Gasteiger partial charge on any atom is 0.241 e. The molecule has 7 heteroatoms. The van der Waals surface area contributed by atoms with E-state index in [0.717, 1.165) is 5.56 Å². The van der Waals surface area contributed by atoms with Crippen LogP contribution in [0.3, 0.4) is 0 Å². The Hall–Kier alpha value is -1.61. The molecule has 1 aromatic heterocycles. The predicted molar refractivity (Wildman–Crippen MR) is 116 cm³/mol. The highest BCUT2D eigenvalue weighted by Crippen LogP contribution is 2.11. The SMILES string of the molecule is CC(NC(=NCc1ccsc1)NCC(=O)N(C)C)c1ccccc1.I. The zero-order valence-corrected chi connectivity index (χ0v) is 17.9. The third kappa shape index (κ3) is 7.43. The molecule has 2 aromatic rings. The molecule has 1 heterocycles. The highest BCUT2D eigenvalue weighted by molar-refractivity contribution is 14.0. The number of thiophene rings is 1. The highest BCUT2D eigenvalue weighted by Gasteiger charge is 2.10. The molecule has 0 bridgehead atoms. The second kappa shape index (κ2) is 11.1. The van der Waals surface area contributed by atoms with Gasteiger partial charge >= 0.3 is 0 Å². The molecule has 0 radical (unpaired) electrons. The van der Waals surface area contributed by atoms with E-state index in [4.69, 9.17) is 0 Å². The molecule has 0 aliphatic rings. The van der Waals surface area contributed by atoms with Gasteiger partial charge in [0.1, 0.15) is 0 Å². The standard InChI is InChI=1S/C18H24N4OS.HI/c1-14(16-7-5-4-6-8-16)21-18(20-12-17(23)22(2)3)19-11-15-9-10-24-13-15;/h4-10,13-14H,11-12H2,1-3H3,(H2,19,20,21);1H. The Balaban J connectivity index is 0.00000312. The van der Waals surface area contributed by atoms with Crippen LogP contribution in [0.15, 0.2) is 52.2 Å². The minimum Gasteiger partial charge on any atom is -0.350 e. The molecule has 1 aromatic carbocycles. The van der Waals surface area contributed by atoms with E-state index in [1.165, 1.54) is 5.56 Å². The van der Waals surface area contributed by atoms with Gasteiger partial charge < -0.3 is 15.5 Å². The van der Waals surface area contributed by atoms with Crippen LogP contribution in [0.1, 0.15) is 24.1 Å². The number of nitrogens with zero attached hydrogens (tertiary/aromatic N) is 2. The van der Waals surface area contributed by atoms with Crippen LogP contribution in [0.4, 0.5) is 0 Å². The number of guanidine groups is 1. The largest absolute Gasteiger partial charge is 0.350 e. The number of carbonyl (C=O) groups excluding carboxylic acids is 1. The van der Waals surface area contributed by atoms with Crippen molar-refractivity contribution in [2.75, 3.05) is 20.6 Å². The fraction of sp³-hybridized carbons (Fsp3) is 0.333. The lowest BCUT2D eigenvalue weighted by Gasteiger charge is -2.19. The number of hydrogen-bond acceptors (Lipinski definition) is 3. The lowest BCUT2D eigenvalue weighted by atomic mass is 10.1. The Kier molecular flexibility index (Phi) is 9.51. The van der Waals surface area contributed by atoms with E-state index in [2.05, 4.69) is 46.1 Å². The summed E-state index contributed by atoms with van der Waals surface area (Å²) in [6, 6.07) is 12.3. The number of likely N-dealkylation sites (N-methyl/N-ethyl adjacent to an activating group) is 1. The van der Waals surface area contributed by atoms with Gasteiger partial charge in [0.2, 0.25) is 5.91 Å². The summed E-state index contributed by atoms with van der Waals surface area (Å²) in [7, 11) is 3.48. The van der Waals surface area contributed by atoms with Gasteiger partial charge in [-0.05, 0) is 34.9 Å². The molecule has 0 aliphatic carbocycles. The Bertz CT molecular complexity index is 659. The maximum atomic E-state index is 11.8. The Morgan fingerprint density at radius 3 is 2.56 bits per heavy atom. The Morgan fingerprint density at radius 1 is 1.24 bits per heavy atom. The van der Waals surface area contributed by atoms with Crippen molar-refractivity contribution in [2.24, 2.45) is 4.99 Å². The van der Waals surface area contributed by atoms with Crippen molar-refractivity contribution in [3.8, 4) is 0 Å². The van der Waals surface area contributed by atoms with Crippen LogP contribution < -0.4 is 10.6 Å². The van der Waals surface area contributed by atoms with Crippen LogP contribution in [0.2, 0.25) is 0 Å². The summed E-state index contributed by atoms with van der Waals surface area (Å²) in [5.74, 6) is 0.639. The third-order valence-corrected chi connectivity index (χ3v) is 4.29. The lowest BCUT2D eigenvalue weighted by Crippen LogP contribution is -2.43. The van der Waals surface area contributed by atoms with E-state index in [0.29, 0.717) is 12.5 Å². The molecule has 25 heavy (non-hydrogen) atoms. The fourth-order valence-corrected chi connectivity index (χ4v) is 2.71. The van der Waals surface area contributed by atoms with Gasteiger partial charge in [-0.1, -0.05) is 30.3 Å². The predicted octanol–water partition coefficient (Wildman–Crippen LogP) is 3.25. The second-order valence-electron chi connectivity index (χ2n) is 5.71. The van der Waals surface area contributed by atoms with Crippen molar-refractivity contribution in [2.45, 2.75) is 19.5 Å². The number of hydrogen-bond donors (Lipinski definition) is 2. The molecule has 2 rings (SSSR count). The molecular weight excluding hydrogens is 447 g/mol. The zero-order chi connectivity index (χ0) is 17.4. The normalized spacial score (nSPS) is 12.0. The number of aliphatic imine (C=N–C) groups is 1. The molecule has 136 valence electrons. The molecule has 1 atom stereocenters. The highest BCUT2D eigenvalue weighted by atomic mass is 127. The molecule has 1 unspecified atom stereocenters. The average Bonchev–Trinajstić information content (AvgIpc) is 3.11. The van der Waals surface area contributed by atoms with Crippen molar-refractivity contribution in [1.82, 2.24) is 15.5 Å². The first kappa shape index (κ1) is 21.4. The summed E-state index contributed by atoms with van der Waals surface area (Å²) in [4.78, 5) is 18.0. The van der Waals surface area contributed by atoms with Gasteiger partial charge in [0.25, 0.3) is 0 Å². The molecule has 0 saturated heterocycles. The molecule has 2 N–H and O–H groups in total. The van der Waals surface area contributed by atoms with Gasteiger partial charge in [0.15, 0.2) is 5.96 Å². The molecule has 0 spiro atoms. The summed E-state index contributed by atoms with van der Waals surface area (Å²) in [5.41, 5.74) is 2.33. The monoisotopic (exact) mass is 472 g/mol. The Labute approximate surface area is 170 Å². The van der Waals surface area contributed by atoms with Crippen LogP contribution in [0, 0.1) is 0 Å². The first-order chi connectivity index (χ1) is 11.6. The second-order valence-corrected chi connectivity index (χ2v) is 6.49. The van der Waals surface area contributed by atoms with Gasteiger partial charge in [-0.15, -0.1) is 24.0 Å². The smallest absolute Gasteiger partial charge is 0.241 e. The van der Waals surface area contributed by atoms with Crippen LogP contribution in [-0.2, 0) is 11.3 Å². The molecule has 1 amide bonds. The van der Waals surface area contributed by atoms with Crippen molar-refractivity contribution >= 4 is 47.2 Å². The van der Waals surface area contributed by atoms with Gasteiger partial charge in [-0.3, -0.25) is 4.79 Å². The number of rotatable bonds is 6. The number of benzene rings is 1. The minimum atomic E-state index is 0. The summed E-state index contributed by atoms with van der Waals surface area (Å²) >= 11 is 1.65. The number of amides is 1. The third-order valence-electron chi connectivity index (χ3n) is 3.56. The van der Waals surface area contributed by atoms with Crippen molar-refractivity contribution in [3.63, 3.8) is 0 Å². The summed E-state index contributed by atoms with van der Waals surface area (Å²) < 4.78 is 0. The topological polar surface area (TPSA) is 56.7 Å². The number of nitrogens with one attached hydrogen (secondary N) is 2. The number of carbonyl (C=O) groups is 1. The maximum absolute atomic E-state index is 11.8. The van der Waals surface area contributed by atoms with E-state index in [9.17, 15) is 4.79 Å². The van der Waals surface area contributed by atoms with Crippen molar-refractivity contribution < 1.29 is 4.79 Å². The molecular formula is C18H25IN4OS. The lowest BCUT2D eigenvalue weighted by molar-refractivity contribution is -0.127. The Morgan fingerprint density at radius 2 is 1.96 bits per heavy atom.